The van der Waals surface area contributed by atoms with Gasteiger partial charge in [-0.25, -0.2) is 8.78 Å². The fraction of sp³-hybridized carbons (Fsp3) is 0.111. The summed E-state index contributed by atoms with van der Waals surface area (Å²) in [7, 11) is 0. The first-order valence-corrected chi connectivity index (χ1v) is 7.25. The van der Waals surface area contributed by atoms with E-state index in [4.69, 9.17) is 4.52 Å². The van der Waals surface area contributed by atoms with E-state index >= 15 is 0 Å². The van der Waals surface area contributed by atoms with Crippen molar-refractivity contribution in [1.82, 2.24) is 5.16 Å². The number of nitrogens with zero attached hydrogens (tertiary/aromatic N) is 1. The van der Waals surface area contributed by atoms with Gasteiger partial charge in [0.05, 0.1) is 0 Å². The summed E-state index contributed by atoms with van der Waals surface area (Å²) in [6.45, 7) is 3.29. The highest BCUT2D eigenvalue weighted by Crippen LogP contribution is 2.27. The first kappa shape index (κ1) is 15.9. The Morgan fingerprint density at radius 1 is 1.08 bits per heavy atom. The fourth-order valence-corrected chi connectivity index (χ4v) is 2.42. The highest BCUT2D eigenvalue weighted by Gasteiger charge is 2.22. The van der Waals surface area contributed by atoms with Crippen LogP contribution >= 0.6 is 0 Å². The summed E-state index contributed by atoms with van der Waals surface area (Å²) in [5, 5.41) is 6.57. The largest absolute Gasteiger partial charge is 0.360 e. The molecule has 0 saturated heterocycles. The maximum absolute atomic E-state index is 13.4. The Morgan fingerprint density at radius 3 is 2.54 bits per heavy atom. The van der Waals surface area contributed by atoms with Gasteiger partial charge >= 0.3 is 0 Å². The highest BCUT2D eigenvalue weighted by atomic mass is 19.1. The van der Waals surface area contributed by atoms with Crippen LogP contribution in [-0.4, -0.2) is 11.1 Å². The van der Waals surface area contributed by atoms with Crippen LogP contribution in [0.25, 0.3) is 11.3 Å². The first-order valence-electron chi connectivity index (χ1n) is 7.25. The lowest BCUT2D eigenvalue weighted by molar-refractivity contribution is 0.102. The zero-order valence-corrected chi connectivity index (χ0v) is 13.1. The number of halogens is 2. The second-order valence-electron chi connectivity index (χ2n) is 5.39. The van der Waals surface area contributed by atoms with Crippen LogP contribution in [0.2, 0.25) is 0 Å². The van der Waals surface area contributed by atoms with Gasteiger partial charge in [0.15, 0.2) is 0 Å². The molecule has 0 aliphatic rings. The summed E-state index contributed by atoms with van der Waals surface area (Å²) >= 11 is 0. The molecule has 24 heavy (non-hydrogen) atoms. The van der Waals surface area contributed by atoms with E-state index in [1.165, 1.54) is 36.4 Å². The predicted molar refractivity (Wildman–Crippen MR) is 85.7 cm³/mol. The van der Waals surface area contributed by atoms with E-state index in [1.807, 2.05) is 0 Å². The number of carbonyl (C=O) groups excluding carboxylic acids is 1. The van der Waals surface area contributed by atoms with Gasteiger partial charge < -0.3 is 9.84 Å². The lowest BCUT2D eigenvalue weighted by Gasteiger charge is -2.09. The Kier molecular flexibility index (Phi) is 4.12. The summed E-state index contributed by atoms with van der Waals surface area (Å²) in [6, 6.07) is 9.81. The molecule has 1 heterocycles. The van der Waals surface area contributed by atoms with Gasteiger partial charge in [-0.15, -0.1) is 0 Å². The Balaban J connectivity index is 1.97. The molecule has 0 radical (unpaired) electrons. The molecule has 0 spiro atoms. The Bertz CT molecular complexity index is 919. The molecule has 1 aromatic heterocycles. The number of nitrogens with one attached hydrogen (secondary N) is 1. The average molecular weight is 328 g/mol. The molecule has 1 amide bonds. The lowest BCUT2D eigenvalue weighted by Crippen LogP contribution is -2.14. The van der Waals surface area contributed by atoms with Crippen molar-refractivity contribution < 1.29 is 18.1 Å². The van der Waals surface area contributed by atoms with Crippen molar-refractivity contribution in [2.45, 2.75) is 13.8 Å². The molecule has 0 aliphatic heterocycles. The van der Waals surface area contributed by atoms with E-state index in [1.54, 1.807) is 19.9 Å². The Morgan fingerprint density at radius 2 is 1.83 bits per heavy atom. The Hall–Kier alpha value is -3.02. The van der Waals surface area contributed by atoms with Crippen molar-refractivity contribution >= 4 is 11.6 Å². The van der Waals surface area contributed by atoms with E-state index < -0.39 is 11.7 Å². The van der Waals surface area contributed by atoms with E-state index in [0.717, 1.165) is 0 Å². The van der Waals surface area contributed by atoms with Crippen molar-refractivity contribution in [2.75, 3.05) is 5.32 Å². The smallest absolute Gasteiger partial charge is 0.261 e. The first-order chi connectivity index (χ1) is 11.5. The molecule has 3 rings (SSSR count). The molecule has 0 saturated carbocycles. The topological polar surface area (TPSA) is 55.1 Å². The van der Waals surface area contributed by atoms with Crippen molar-refractivity contribution in [3.05, 3.63) is 71.0 Å². The van der Waals surface area contributed by atoms with Gasteiger partial charge in [0.25, 0.3) is 5.91 Å². The van der Waals surface area contributed by atoms with Gasteiger partial charge in [0.2, 0.25) is 0 Å². The summed E-state index contributed by atoms with van der Waals surface area (Å²) in [4.78, 5) is 12.6. The number of aryl methyl sites for hydroxylation is 2. The van der Waals surface area contributed by atoms with Gasteiger partial charge in [0.1, 0.15) is 28.7 Å². The summed E-state index contributed by atoms with van der Waals surface area (Å²) in [5.41, 5.74) is 1.97. The van der Waals surface area contributed by atoms with E-state index in [-0.39, 0.29) is 17.1 Å². The minimum Gasteiger partial charge on any atom is -0.360 e. The number of hydrogen-bond donors (Lipinski definition) is 1. The third kappa shape index (κ3) is 3.03. The van der Waals surface area contributed by atoms with Gasteiger partial charge in [-0.1, -0.05) is 17.3 Å². The van der Waals surface area contributed by atoms with Crippen molar-refractivity contribution in [2.24, 2.45) is 0 Å². The summed E-state index contributed by atoms with van der Waals surface area (Å²) in [5.74, 6) is -0.963. The normalized spacial score (nSPS) is 10.7. The minimum atomic E-state index is -0.456. The highest BCUT2D eigenvalue weighted by molar-refractivity contribution is 6.09. The third-order valence-electron chi connectivity index (χ3n) is 3.62. The summed E-state index contributed by atoms with van der Waals surface area (Å²) < 4.78 is 31.7. The molecule has 0 fully saturated rings. The fourth-order valence-electron chi connectivity index (χ4n) is 2.42. The number of aromatic nitrogens is 1. The van der Waals surface area contributed by atoms with Crippen LogP contribution in [0.4, 0.5) is 14.5 Å². The number of hydrogen-bond acceptors (Lipinski definition) is 3. The maximum atomic E-state index is 13.4. The second kappa shape index (κ2) is 6.23. The van der Waals surface area contributed by atoms with Crippen LogP contribution in [0.5, 0.6) is 0 Å². The molecule has 122 valence electrons. The number of carbonyl (C=O) groups is 1. The molecule has 0 aliphatic carbocycles. The molecule has 2 aromatic carbocycles. The quantitative estimate of drug-likeness (QED) is 0.771. The zero-order chi connectivity index (χ0) is 17.3. The number of rotatable bonds is 3. The molecule has 3 aromatic rings. The van der Waals surface area contributed by atoms with Gasteiger partial charge in [-0.3, -0.25) is 4.79 Å². The second-order valence-corrected chi connectivity index (χ2v) is 5.39. The average Bonchev–Trinajstić information content (AvgIpc) is 2.92. The van der Waals surface area contributed by atoms with Gasteiger partial charge in [-0.05, 0) is 49.7 Å². The lowest BCUT2D eigenvalue weighted by atomic mass is 10.1. The van der Waals surface area contributed by atoms with Gasteiger partial charge in [0, 0.05) is 11.3 Å². The molecular weight excluding hydrogens is 314 g/mol. The van der Waals surface area contributed by atoms with Crippen LogP contribution in [0, 0.1) is 25.5 Å². The summed E-state index contributed by atoms with van der Waals surface area (Å²) in [6.07, 6.45) is 0. The van der Waals surface area contributed by atoms with Gasteiger partial charge in [-0.2, -0.15) is 0 Å². The maximum Gasteiger partial charge on any atom is 0.261 e. The molecule has 4 nitrogen and oxygen atoms in total. The molecular formula is C18H14F2N2O2. The van der Waals surface area contributed by atoms with Crippen LogP contribution in [0.3, 0.4) is 0 Å². The van der Waals surface area contributed by atoms with Crippen LogP contribution in [0.1, 0.15) is 21.7 Å². The van der Waals surface area contributed by atoms with E-state index in [9.17, 15) is 13.6 Å². The molecule has 0 atom stereocenters. The van der Waals surface area contributed by atoms with E-state index in [2.05, 4.69) is 10.5 Å². The van der Waals surface area contributed by atoms with Crippen LogP contribution in [0.15, 0.2) is 47.0 Å². The van der Waals surface area contributed by atoms with E-state index in [0.29, 0.717) is 22.6 Å². The molecule has 1 N–H and O–H groups in total. The molecule has 6 heteroatoms. The zero-order valence-electron chi connectivity index (χ0n) is 13.1. The van der Waals surface area contributed by atoms with Crippen molar-refractivity contribution in [3.8, 4) is 11.3 Å². The standard InChI is InChI=1S/C18H14F2N2O2/c1-10-8-14(20)6-7-15(10)21-18(23)16-11(2)24-22-17(16)12-4-3-5-13(19)9-12/h3-9H,1-2H3,(H,21,23). The Labute approximate surface area is 137 Å². The van der Waals surface area contributed by atoms with Crippen molar-refractivity contribution in [3.63, 3.8) is 0 Å². The van der Waals surface area contributed by atoms with Crippen LogP contribution < -0.4 is 5.32 Å². The number of benzene rings is 2. The monoisotopic (exact) mass is 328 g/mol. The molecule has 0 unspecified atom stereocenters. The number of anilines is 1. The van der Waals surface area contributed by atoms with Crippen molar-refractivity contribution in [1.29, 1.82) is 0 Å². The van der Waals surface area contributed by atoms with Crippen LogP contribution in [-0.2, 0) is 0 Å². The SMILES string of the molecule is Cc1cc(F)ccc1NC(=O)c1c(-c2cccc(F)c2)noc1C. The predicted octanol–water partition coefficient (Wildman–Crippen LogP) is 4.49. The molecule has 0 bridgehead atoms. The number of amides is 1. The third-order valence-corrected chi connectivity index (χ3v) is 3.62. The minimum absolute atomic E-state index is 0.212.